The molecule has 5 N–H and O–H groups in total. The first-order chi connectivity index (χ1) is 23.0. The number of unbranched alkanes of at least 4 members (excludes halogenated alkanes) is 1. The van der Waals surface area contributed by atoms with Crippen LogP contribution in [0.4, 0.5) is 4.79 Å². The zero-order valence-electron chi connectivity index (χ0n) is 29.6. The molecule has 2 aliphatic carbocycles. The molecule has 3 aliphatic heterocycles. The van der Waals surface area contributed by atoms with E-state index in [-0.39, 0.29) is 52.3 Å². The van der Waals surface area contributed by atoms with Crippen LogP contribution in [0.25, 0.3) is 0 Å². The Morgan fingerprint density at radius 2 is 1.78 bits per heavy atom. The van der Waals surface area contributed by atoms with E-state index in [1.54, 1.807) is 16.2 Å². The fraction of sp³-hybridized carbons (Fsp3) is 0.743. The molecule has 6 rings (SSSR count). The Kier molecular flexibility index (Phi) is 9.58. The summed E-state index contributed by atoms with van der Waals surface area (Å²) in [6.45, 7) is 13.1. The van der Waals surface area contributed by atoms with Crippen molar-refractivity contribution in [1.82, 2.24) is 25.2 Å². The summed E-state index contributed by atoms with van der Waals surface area (Å²) in [7, 11) is -2.53. The lowest BCUT2D eigenvalue weighted by molar-refractivity contribution is -0.144. The summed E-state index contributed by atoms with van der Waals surface area (Å²) < 4.78 is 15.6. The monoisotopic (exact) mass is 718 g/mol. The van der Waals surface area contributed by atoms with Gasteiger partial charge in [-0.1, -0.05) is 73.6 Å². The Bertz CT molecular complexity index is 1560. The number of amides is 5. The van der Waals surface area contributed by atoms with Crippen LogP contribution in [0, 0.1) is 28.6 Å². The lowest BCUT2D eigenvalue weighted by atomic mass is 9.83. The number of nitrogens with two attached hydrogens (primary N) is 1. The molecule has 0 aromatic carbocycles. The van der Waals surface area contributed by atoms with Crippen LogP contribution in [0.15, 0.2) is 16.3 Å². The number of hydrogen-bond donors (Lipinski definition) is 5. The molecule has 5 amide bonds. The second-order valence-corrected chi connectivity index (χ2v) is 20.2. The molecule has 8 atom stereocenters. The van der Waals surface area contributed by atoms with Crippen LogP contribution in [-0.4, -0.2) is 80.2 Å². The minimum absolute atomic E-state index is 0.0393. The molecule has 2 unspecified atom stereocenters. The Labute approximate surface area is 294 Å². The van der Waals surface area contributed by atoms with E-state index < -0.39 is 51.9 Å². The van der Waals surface area contributed by atoms with Crippen molar-refractivity contribution >= 4 is 51.0 Å². The fourth-order valence-corrected chi connectivity index (χ4v) is 13.9. The number of carbonyl (C=O) groups excluding carboxylic acids is 5. The van der Waals surface area contributed by atoms with Gasteiger partial charge in [-0.2, -0.15) is 0 Å². The number of primary amides is 1. The van der Waals surface area contributed by atoms with Crippen molar-refractivity contribution in [2.75, 3.05) is 13.1 Å². The van der Waals surface area contributed by atoms with Crippen molar-refractivity contribution in [3.05, 3.63) is 16.3 Å². The van der Waals surface area contributed by atoms with E-state index in [2.05, 4.69) is 29.8 Å². The minimum Gasteiger partial charge on any atom is -0.363 e. The molecular formula is C35H54N6O6S2. The quantitative estimate of drug-likeness (QED) is 0.119. The molecule has 2 saturated carbocycles. The number of thiophene rings is 1. The van der Waals surface area contributed by atoms with Crippen LogP contribution in [-0.2, 0) is 29.3 Å². The van der Waals surface area contributed by atoms with Gasteiger partial charge < -0.3 is 26.6 Å². The highest BCUT2D eigenvalue weighted by Crippen LogP contribution is 2.69. The van der Waals surface area contributed by atoms with Crippen molar-refractivity contribution in [2.45, 2.75) is 127 Å². The highest BCUT2D eigenvalue weighted by atomic mass is 32.3. The van der Waals surface area contributed by atoms with E-state index in [4.69, 9.17) is 5.73 Å². The van der Waals surface area contributed by atoms with Crippen molar-refractivity contribution in [1.29, 1.82) is 0 Å². The second kappa shape index (κ2) is 13.0. The number of carbonyl (C=O) groups is 5. The SMILES string of the molecule is CCCCC(NC(=O)[C@@H]1[C@@H]2[C@H](CN1C(=O)[C@@H](NC(=O)N[C@H](CN1[C@H]3c4sccc4[SH]31=O)C(C)(C)C)C1CCCCC1)C2(C)C)C(=O)C(N)=O. The van der Waals surface area contributed by atoms with Crippen LogP contribution in [0.1, 0.15) is 103 Å². The maximum atomic E-state index is 14.6. The number of urea groups is 1. The molecule has 1 aromatic heterocycles. The van der Waals surface area contributed by atoms with Crippen LogP contribution >= 0.6 is 11.3 Å². The molecule has 4 heterocycles. The summed E-state index contributed by atoms with van der Waals surface area (Å²) in [5.74, 6) is -2.77. The molecule has 5 aliphatic rings. The fourth-order valence-electron chi connectivity index (χ4n) is 8.79. The number of ketones is 1. The second-order valence-electron chi connectivity index (χ2n) is 16.5. The molecule has 12 nitrogen and oxygen atoms in total. The number of hydrogen-bond acceptors (Lipinski definition) is 7. The normalized spacial score (nSPS) is 29.8. The molecule has 0 bridgehead atoms. The van der Waals surface area contributed by atoms with Gasteiger partial charge in [0, 0.05) is 24.0 Å². The third-order valence-electron chi connectivity index (χ3n) is 12.1. The van der Waals surface area contributed by atoms with Gasteiger partial charge in [-0.15, -0.1) is 11.3 Å². The van der Waals surface area contributed by atoms with Gasteiger partial charge in [0.15, 0.2) is 0 Å². The van der Waals surface area contributed by atoms with Crippen LogP contribution in [0.2, 0.25) is 0 Å². The molecule has 4 fully saturated rings. The maximum absolute atomic E-state index is 14.6. The molecule has 2 saturated heterocycles. The Morgan fingerprint density at radius 3 is 2.39 bits per heavy atom. The number of rotatable bonds is 13. The largest absolute Gasteiger partial charge is 0.363 e. The summed E-state index contributed by atoms with van der Waals surface area (Å²) in [4.78, 5) is 70.6. The van der Waals surface area contributed by atoms with Gasteiger partial charge in [0.05, 0.1) is 10.9 Å². The zero-order chi connectivity index (χ0) is 35.6. The van der Waals surface area contributed by atoms with E-state index in [0.29, 0.717) is 19.5 Å². The van der Waals surface area contributed by atoms with Gasteiger partial charge in [0.2, 0.25) is 17.6 Å². The predicted molar refractivity (Wildman–Crippen MR) is 189 cm³/mol. The Hall–Kier alpha value is -2.84. The summed E-state index contributed by atoms with van der Waals surface area (Å²) in [6.07, 6.45) is 6.22. The summed E-state index contributed by atoms with van der Waals surface area (Å²) in [5.41, 5.74) is 4.81. The summed E-state index contributed by atoms with van der Waals surface area (Å²) in [6, 6.07) is -1.54. The zero-order valence-corrected chi connectivity index (χ0v) is 31.3. The molecule has 1 aromatic rings. The van der Waals surface area contributed by atoms with Gasteiger partial charge >= 0.3 is 6.03 Å². The summed E-state index contributed by atoms with van der Waals surface area (Å²) in [5, 5.41) is 10.9. The number of Topliss-reactive ketones (excluding diaryl/α,β-unsaturated/α-hetero) is 1. The van der Waals surface area contributed by atoms with Gasteiger partial charge in [0.25, 0.3) is 5.91 Å². The maximum Gasteiger partial charge on any atom is 0.315 e. The van der Waals surface area contributed by atoms with Crippen LogP contribution in [0.5, 0.6) is 0 Å². The van der Waals surface area contributed by atoms with E-state index >= 15 is 0 Å². The molecule has 14 heteroatoms. The number of nitrogens with zero attached hydrogens (tertiary/aromatic N) is 2. The summed E-state index contributed by atoms with van der Waals surface area (Å²) >= 11 is 1.62. The number of likely N-dealkylation sites (tertiary alicyclic amines) is 1. The number of thiol groups is 1. The van der Waals surface area contributed by atoms with Gasteiger partial charge in [-0.3, -0.25) is 23.4 Å². The smallest absolute Gasteiger partial charge is 0.315 e. The number of fused-ring (bicyclic) bond motifs is 5. The number of piperidine rings is 1. The minimum atomic E-state index is -2.53. The first-order valence-corrected chi connectivity index (χ1v) is 20.6. The van der Waals surface area contributed by atoms with Gasteiger partial charge in [-0.05, 0) is 69.4 Å². The third kappa shape index (κ3) is 6.34. The first-order valence-electron chi connectivity index (χ1n) is 18.0. The van der Waals surface area contributed by atoms with Gasteiger partial charge in [-0.25, -0.2) is 9.10 Å². The molecule has 0 spiro atoms. The lowest BCUT2D eigenvalue weighted by Crippen LogP contribution is -2.61. The van der Waals surface area contributed by atoms with E-state index in [9.17, 15) is 28.2 Å². The van der Waals surface area contributed by atoms with Crippen molar-refractivity contribution in [3.63, 3.8) is 0 Å². The van der Waals surface area contributed by atoms with Crippen molar-refractivity contribution < 1.29 is 28.2 Å². The van der Waals surface area contributed by atoms with Crippen molar-refractivity contribution in [2.24, 2.45) is 34.3 Å². The Morgan fingerprint density at radius 1 is 1.08 bits per heavy atom. The van der Waals surface area contributed by atoms with Gasteiger partial charge in [0.1, 0.15) is 17.5 Å². The molecule has 49 heavy (non-hydrogen) atoms. The van der Waals surface area contributed by atoms with Crippen LogP contribution in [0.3, 0.4) is 0 Å². The highest BCUT2D eigenvalue weighted by Gasteiger charge is 2.70. The third-order valence-corrected chi connectivity index (χ3v) is 16.6. The molecule has 0 radical (unpaired) electrons. The standard InChI is InChI=1S/C35H54N6O6S2/c1-7-8-14-21(27(42)29(36)43)37-30(44)26-24-20(35(24,5)6)17-40(26)31(45)25(19-12-10-9-11-13-19)39-33(46)38-23(34(2,3)4)18-41-32-28-22(15-16-48-28)49(32,41)47/h15-16,19-21,23-26,32,49H,7-14,17-18H2,1-6H3,(H2,36,43)(H,37,44)(H2,38,39,46)/t20-,21?,23+,24-,25-,26-,32+,41?/m0/s1. The van der Waals surface area contributed by atoms with E-state index in [0.717, 1.165) is 48.3 Å². The average Bonchev–Trinajstić information content (AvgIpc) is 3.49. The van der Waals surface area contributed by atoms with E-state index in [1.807, 2.05) is 43.4 Å². The van der Waals surface area contributed by atoms with E-state index in [1.165, 1.54) is 0 Å². The topological polar surface area (TPSA) is 171 Å². The van der Waals surface area contributed by atoms with Crippen LogP contribution < -0.4 is 21.7 Å². The first kappa shape index (κ1) is 36.0. The predicted octanol–water partition coefficient (Wildman–Crippen LogP) is 3.24. The molecular weight excluding hydrogens is 665 g/mol. The number of nitrogens with one attached hydrogen (secondary N) is 3. The van der Waals surface area contributed by atoms with Crippen molar-refractivity contribution in [3.8, 4) is 0 Å². The molecule has 272 valence electrons. The lowest BCUT2D eigenvalue weighted by Gasteiger charge is -2.38. The average molecular weight is 719 g/mol. The Balaban J connectivity index is 1.19. The highest BCUT2D eigenvalue weighted by molar-refractivity contribution is 8.08.